The first kappa shape index (κ1) is 21.4. The number of rotatable bonds is 1. The molecule has 2 unspecified atom stereocenters. The Morgan fingerprint density at radius 2 is 1.84 bits per heavy atom. The Hall–Kier alpha value is -2.82. The Morgan fingerprint density at radius 3 is 2.42 bits per heavy atom. The molecule has 2 saturated carbocycles. The van der Waals surface area contributed by atoms with E-state index in [9.17, 15) is 39.3 Å². The van der Waals surface area contributed by atoms with Gasteiger partial charge < -0.3 is 26.8 Å². The highest BCUT2D eigenvalue weighted by Crippen LogP contribution is 2.55. The number of halogens is 1. The maximum atomic E-state index is 13.4. The van der Waals surface area contributed by atoms with Crippen molar-refractivity contribution in [2.45, 2.75) is 31.0 Å². The molecule has 7 N–H and O–H groups in total. The molecule has 0 heterocycles. The van der Waals surface area contributed by atoms with Crippen LogP contribution in [0.25, 0.3) is 0 Å². The SMILES string of the molecule is C[C@@H]1c2c(N)c(Cl)cc(O)c2C(=O)C2C(=O)[C@]3(O)C(=O)C(C(N)=O)C(=O)C[C@@H]3[C@H](O)[C@@H]21. The minimum Gasteiger partial charge on any atom is -0.507 e. The lowest BCUT2D eigenvalue weighted by Crippen LogP contribution is -2.72. The number of nitrogens with two attached hydrogens (primary N) is 2. The second kappa shape index (κ2) is 6.59. The Bertz CT molecular complexity index is 1100. The number of phenolic OH excluding ortho intramolecular Hbond substituents is 1. The van der Waals surface area contributed by atoms with Crippen molar-refractivity contribution in [3.63, 3.8) is 0 Å². The van der Waals surface area contributed by atoms with Gasteiger partial charge in [-0.05, 0) is 11.5 Å². The van der Waals surface area contributed by atoms with Crippen molar-refractivity contribution in [2.75, 3.05) is 5.73 Å². The number of hydrogen-bond acceptors (Lipinski definition) is 9. The summed E-state index contributed by atoms with van der Waals surface area (Å²) in [5.74, 6) is -13.7. The Balaban J connectivity index is 1.93. The van der Waals surface area contributed by atoms with E-state index < -0.39 is 82.5 Å². The van der Waals surface area contributed by atoms with Crippen molar-refractivity contribution < 1.29 is 39.3 Å². The average molecular weight is 451 g/mol. The number of phenols is 1. The van der Waals surface area contributed by atoms with Crippen LogP contribution >= 0.6 is 11.6 Å². The van der Waals surface area contributed by atoms with E-state index in [4.69, 9.17) is 23.1 Å². The number of hydrogen-bond donors (Lipinski definition) is 5. The quantitative estimate of drug-likeness (QED) is 0.204. The summed E-state index contributed by atoms with van der Waals surface area (Å²) in [6, 6.07) is 1.04. The molecule has 1 aromatic rings. The molecule has 3 aliphatic carbocycles. The van der Waals surface area contributed by atoms with Crippen LogP contribution < -0.4 is 11.5 Å². The minimum absolute atomic E-state index is 0.0150. The molecule has 1 aromatic carbocycles. The van der Waals surface area contributed by atoms with Gasteiger partial charge in [-0.15, -0.1) is 0 Å². The molecule has 3 aliphatic rings. The monoisotopic (exact) mass is 450 g/mol. The van der Waals surface area contributed by atoms with Gasteiger partial charge in [0, 0.05) is 24.3 Å². The predicted molar refractivity (Wildman–Crippen MR) is 104 cm³/mol. The van der Waals surface area contributed by atoms with Gasteiger partial charge in [0.2, 0.25) is 5.91 Å². The van der Waals surface area contributed by atoms with E-state index in [0.717, 1.165) is 6.07 Å². The van der Waals surface area contributed by atoms with Crippen molar-refractivity contribution in [3.05, 3.63) is 22.2 Å². The van der Waals surface area contributed by atoms with Gasteiger partial charge in [0.25, 0.3) is 0 Å². The lowest BCUT2D eigenvalue weighted by Gasteiger charge is -2.53. The van der Waals surface area contributed by atoms with Crippen LogP contribution in [0.3, 0.4) is 0 Å². The van der Waals surface area contributed by atoms with Crippen LogP contribution in [-0.2, 0) is 19.2 Å². The fourth-order valence-corrected chi connectivity index (χ4v) is 5.70. The molecule has 0 aromatic heterocycles. The first-order chi connectivity index (χ1) is 14.3. The van der Waals surface area contributed by atoms with Gasteiger partial charge in [-0.1, -0.05) is 18.5 Å². The Morgan fingerprint density at radius 1 is 1.23 bits per heavy atom. The molecular weight excluding hydrogens is 432 g/mol. The molecule has 7 atom stereocenters. The van der Waals surface area contributed by atoms with Crippen LogP contribution in [0.15, 0.2) is 6.07 Å². The van der Waals surface area contributed by atoms with Crippen molar-refractivity contribution in [3.8, 4) is 5.75 Å². The van der Waals surface area contributed by atoms with Crippen LogP contribution in [0.1, 0.15) is 35.2 Å². The van der Waals surface area contributed by atoms with Crippen LogP contribution in [0.4, 0.5) is 5.69 Å². The lowest BCUT2D eigenvalue weighted by molar-refractivity contribution is -0.189. The van der Waals surface area contributed by atoms with Gasteiger partial charge >= 0.3 is 0 Å². The second-order valence-corrected chi connectivity index (χ2v) is 8.79. The van der Waals surface area contributed by atoms with E-state index in [2.05, 4.69) is 0 Å². The molecule has 31 heavy (non-hydrogen) atoms. The zero-order valence-corrected chi connectivity index (χ0v) is 16.9. The molecule has 0 spiro atoms. The summed E-state index contributed by atoms with van der Waals surface area (Å²) in [6.07, 6.45) is -2.31. The fraction of sp³-hybridized carbons (Fsp3) is 0.450. The largest absolute Gasteiger partial charge is 0.507 e. The maximum Gasteiger partial charge on any atom is 0.235 e. The van der Waals surface area contributed by atoms with E-state index in [1.54, 1.807) is 6.92 Å². The maximum absolute atomic E-state index is 13.4. The summed E-state index contributed by atoms with van der Waals surface area (Å²) in [5.41, 5.74) is 8.00. The highest BCUT2D eigenvalue weighted by atomic mass is 35.5. The Kier molecular flexibility index (Phi) is 4.55. The number of aromatic hydroxyl groups is 1. The summed E-state index contributed by atoms with van der Waals surface area (Å²) < 4.78 is 0. The molecule has 0 radical (unpaired) electrons. The van der Waals surface area contributed by atoms with Crippen molar-refractivity contribution in [1.29, 1.82) is 0 Å². The number of primary amides is 1. The van der Waals surface area contributed by atoms with Gasteiger partial charge in [-0.3, -0.25) is 24.0 Å². The van der Waals surface area contributed by atoms with Crippen molar-refractivity contribution in [1.82, 2.24) is 0 Å². The smallest absolute Gasteiger partial charge is 0.235 e. The van der Waals surface area contributed by atoms with Crippen LogP contribution in [0, 0.1) is 23.7 Å². The van der Waals surface area contributed by atoms with E-state index in [1.165, 1.54) is 0 Å². The van der Waals surface area contributed by atoms with Gasteiger partial charge in [-0.2, -0.15) is 0 Å². The first-order valence-electron chi connectivity index (χ1n) is 9.51. The topological polar surface area (TPSA) is 198 Å². The molecule has 2 fully saturated rings. The molecule has 1 amide bonds. The minimum atomic E-state index is -2.95. The van der Waals surface area contributed by atoms with E-state index >= 15 is 0 Å². The zero-order valence-electron chi connectivity index (χ0n) is 16.2. The summed E-state index contributed by atoms with van der Waals surface area (Å²) in [7, 11) is 0. The van der Waals surface area contributed by atoms with Gasteiger partial charge in [0.05, 0.1) is 28.3 Å². The summed E-state index contributed by atoms with van der Waals surface area (Å²) in [4.78, 5) is 63.5. The van der Waals surface area contributed by atoms with Crippen molar-refractivity contribution in [2.24, 2.45) is 29.4 Å². The summed E-state index contributed by atoms with van der Waals surface area (Å²) in [6.45, 7) is 1.55. The third-order valence-electron chi connectivity index (χ3n) is 6.95. The van der Waals surface area contributed by atoms with E-state index in [0.29, 0.717) is 0 Å². The zero-order chi connectivity index (χ0) is 23.2. The number of benzene rings is 1. The van der Waals surface area contributed by atoms with Crippen molar-refractivity contribution >= 4 is 46.3 Å². The third kappa shape index (κ3) is 2.49. The molecule has 0 aliphatic heterocycles. The summed E-state index contributed by atoms with van der Waals surface area (Å²) >= 11 is 6.02. The normalized spacial score (nSPS) is 37.2. The third-order valence-corrected chi connectivity index (χ3v) is 7.26. The molecule has 0 bridgehead atoms. The number of amides is 1. The van der Waals surface area contributed by atoms with Crippen LogP contribution in [0.2, 0.25) is 5.02 Å². The first-order valence-corrected chi connectivity index (χ1v) is 9.89. The molecule has 10 nitrogen and oxygen atoms in total. The number of ketones is 4. The molecule has 4 rings (SSSR count). The van der Waals surface area contributed by atoms with Gasteiger partial charge in [0.15, 0.2) is 34.7 Å². The number of aliphatic hydroxyl groups is 2. The van der Waals surface area contributed by atoms with E-state index in [-0.39, 0.29) is 21.8 Å². The van der Waals surface area contributed by atoms with Gasteiger partial charge in [0.1, 0.15) is 5.75 Å². The number of carbonyl (C=O) groups is 5. The Labute approximate surface area is 180 Å². The molecular formula is C20H19ClN2O8. The van der Waals surface area contributed by atoms with Crippen LogP contribution in [-0.4, -0.2) is 56.1 Å². The predicted octanol–water partition coefficient (Wildman–Crippen LogP) is -0.906. The fourth-order valence-electron chi connectivity index (χ4n) is 5.50. The standard InChI is InChI=1S/C20H19ClN2O8/c1-4-9-11(8(25)3-6(21)14(9)22)16(27)13-10(4)15(26)5-2-7(24)12(19(23)30)17(28)20(5,31)18(13)29/h3-5,10,12-13,15,25-26,31H,2,22H2,1H3,(H2,23,30)/t4-,5-,10-,12?,13?,15+,20-/m1/s1. The van der Waals surface area contributed by atoms with Gasteiger partial charge in [-0.25, -0.2) is 0 Å². The number of aliphatic hydroxyl groups excluding tert-OH is 1. The molecule has 11 heteroatoms. The molecule has 0 saturated heterocycles. The van der Waals surface area contributed by atoms with E-state index in [1.807, 2.05) is 0 Å². The number of fused-ring (bicyclic) bond motifs is 3. The number of Topliss-reactive ketones (excluding diaryl/α,β-unsaturated/α-hetero) is 4. The number of anilines is 1. The molecule has 164 valence electrons. The number of nitrogen functional groups attached to an aromatic ring is 1. The highest BCUT2D eigenvalue weighted by molar-refractivity contribution is 6.34. The summed E-state index contributed by atoms with van der Waals surface area (Å²) in [5, 5.41) is 32.5. The highest BCUT2D eigenvalue weighted by Gasteiger charge is 2.70. The van der Waals surface area contributed by atoms with Crippen LogP contribution in [0.5, 0.6) is 5.75 Å². The number of carbonyl (C=O) groups excluding carboxylic acids is 5. The lowest BCUT2D eigenvalue weighted by atomic mass is 9.50. The average Bonchev–Trinajstić information content (AvgIpc) is 2.67. The second-order valence-electron chi connectivity index (χ2n) is 8.39.